The molecule has 0 amide bonds. The van der Waals surface area contributed by atoms with Crippen molar-refractivity contribution in [2.45, 2.75) is 6.92 Å². The van der Waals surface area contributed by atoms with E-state index in [0.29, 0.717) is 5.56 Å². The predicted octanol–water partition coefficient (Wildman–Crippen LogP) is 9.08. The van der Waals surface area contributed by atoms with Crippen LogP contribution in [0.5, 0.6) is 5.75 Å². The molecule has 0 spiro atoms. The third-order valence-corrected chi connectivity index (χ3v) is 7.46. The molecule has 0 fully saturated rings. The molecule has 7 rings (SSSR count). The molecule has 0 unspecified atom stereocenters. The Balaban J connectivity index is 1.42. The zero-order valence-electron chi connectivity index (χ0n) is 22.6. The lowest BCUT2D eigenvalue weighted by molar-refractivity contribution is 0.473. The number of phenols is 1. The first-order valence-corrected chi connectivity index (χ1v) is 13.7. The first kappa shape index (κ1) is 24.6. The molecule has 0 saturated carbocycles. The average Bonchev–Trinajstić information content (AvgIpc) is 3.43. The molecular weight excluding hydrogens is 502 g/mol. The molecule has 41 heavy (non-hydrogen) atoms. The highest BCUT2D eigenvalue weighted by Crippen LogP contribution is 2.37. The van der Waals surface area contributed by atoms with Crippen molar-refractivity contribution in [3.05, 3.63) is 145 Å². The molecule has 196 valence electrons. The Hall–Kier alpha value is -5.48. The quantitative estimate of drug-likeness (QED) is 0.242. The van der Waals surface area contributed by atoms with Gasteiger partial charge in [0.2, 0.25) is 0 Å². The molecule has 0 aliphatic carbocycles. The summed E-state index contributed by atoms with van der Waals surface area (Å²) in [5, 5.41) is 10.9. The molecular formula is C37H27N3O. The van der Waals surface area contributed by atoms with Crippen LogP contribution in [0.4, 0.5) is 0 Å². The Morgan fingerprint density at radius 2 is 1.20 bits per heavy atom. The van der Waals surface area contributed by atoms with Crippen LogP contribution in [-0.4, -0.2) is 19.5 Å². The minimum absolute atomic E-state index is 0.252. The Morgan fingerprint density at radius 1 is 0.537 bits per heavy atom. The normalized spacial score (nSPS) is 11.1. The van der Waals surface area contributed by atoms with Gasteiger partial charge in [0, 0.05) is 28.5 Å². The van der Waals surface area contributed by atoms with Gasteiger partial charge in [0.25, 0.3) is 0 Å². The molecule has 4 nitrogen and oxygen atoms in total. The fourth-order valence-corrected chi connectivity index (χ4v) is 5.37. The van der Waals surface area contributed by atoms with Crippen LogP contribution in [0, 0.1) is 6.92 Å². The van der Waals surface area contributed by atoms with E-state index in [1.54, 1.807) is 0 Å². The van der Waals surface area contributed by atoms with E-state index in [2.05, 4.69) is 77.3 Å². The first-order valence-electron chi connectivity index (χ1n) is 13.7. The van der Waals surface area contributed by atoms with E-state index in [-0.39, 0.29) is 5.75 Å². The number of aryl methyl sites for hydroxylation is 1. The molecule has 4 aromatic carbocycles. The highest BCUT2D eigenvalue weighted by molar-refractivity contribution is 5.85. The fraction of sp³-hybridized carbons (Fsp3) is 0.0270. The summed E-state index contributed by atoms with van der Waals surface area (Å²) >= 11 is 0. The van der Waals surface area contributed by atoms with Gasteiger partial charge in [0.15, 0.2) is 0 Å². The van der Waals surface area contributed by atoms with E-state index in [4.69, 9.17) is 9.97 Å². The van der Waals surface area contributed by atoms with Crippen LogP contribution in [0.3, 0.4) is 0 Å². The Labute approximate surface area is 238 Å². The second kappa shape index (κ2) is 10.2. The third kappa shape index (κ3) is 4.56. The maximum absolute atomic E-state index is 10.9. The number of rotatable bonds is 5. The molecule has 0 atom stereocenters. The number of para-hydroxylation sites is 1. The van der Waals surface area contributed by atoms with Crippen molar-refractivity contribution in [3.63, 3.8) is 0 Å². The Kier molecular flexibility index (Phi) is 6.14. The summed E-state index contributed by atoms with van der Waals surface area (Å²) in [6, 6.07) is 45.1. The van der Waals surface area contributed by atoms with Gasteiger partial charge in [-0.25, -0.2) is 9.97 Å². The van der Waals surface area contributed by atoms with Gasteiger partial charge in [-0.2, -0.15) is 0 Å². The summed E-state index contributed by atoms with van der Waals surface area (Å²) in [5.41, 5.74) is 11.2. The molecule has 0 bridgehead atoms. The predicted molar refractivity (Wildman–Crippen MR) is 167 cm³/mol. The minimum atomic E-state index is 0.252. The third-order valence-electron chi connectivity index (χ3n) is 7.46. The zero-order chi connectivity index (χ0) is 27.8. The smallest absolute Gasteiger partial charge is 0.137 e. The van der Waals surface area contributed by atoms with E-state index < -0.39 is 0 Å². The summed E-state index contributed by atoms with van der Waals surface area (Å²) in [5.74, 6) is 0.252. The van der Waals surface area contributed by atoms with E-state index in [0.717, 1.165) is 61.8 Å². The van der Waals surface area contributed by atoms with Crippen molar-refractivity contribution in [1.29, 1.82) is 0 Å². The largest absolute Gasteiger partial charge is 0.507 e. The number of imidazole rings is 1. The van der Waals surface area contributed by atoms with Crippen LogP contribution in [-0.2, 0) is 0 Å². The van der Waals surface area contributed by atoms with E-state index in [1.807, 2.05) is 73.7 Å². The number of hydrogen-bond acceptors (Lipinski definition) is 3. The number of phenolic OH excluding ortho intramolecular Hbond substituents is 1. The number of pyridine rings is 2. The van der Waals surface area contributed by atoms with Crippen LogP contribution in [0.15, 0.2) is 140 Å². The lowest BCUT2D eigenvalue weighted by Gasteiger charge is -2.13. The fourth-order valence-electron chi connectivity index (χ4n) is 5.37. The van der Waals surface area contributed by atoms with Crippen LogP contribution in [0.1, 0.15) is 5.56 Å². The van der Waals surface area contributed by atoms with Gasteiger partial charge in [-0.05, 0) is 60.0 Å². The monoisotopic (exact) mass is 529 g/mol. The van der Waals surface area contributed by atoms with Crippen molar-refractivity contribution in [2.75, 3.05) is 0 Å². The van der Waals surface area contributed by atoms with E-state index in [1.165, 1.54) is 0 Å². The Bertz CT molecular complexity index is 2010. The van der Waals surface area contributed by atoms with Gasteiger partial charge in [-0.15, -0.1) is 0 Å². The van der Waals surface area contributed by atoms with Gasteiger partial charge in [0.05, 0.1) is 22.8 Å². The maximum Gasteiger partial charge on any atom is 0.137 e. The number of benzene rings is 4. The van der Waals surface area contributed by atoms with Gasteiger partial charge in [0.1, 0.15) is 11.4 Å². The van der Waals surface area contributed by atoms with Crippen molar-refractivity contribution >= 4 is 5.65 Å². The van der Waals surface area contributed by atoms with Crippen molar-refractivity contribution < 1.29 is 5.11 Å². The van der Waals surface area contributed by atoms with Crippen LogP contribution in [0.2, 0.25) is 0 Å². The molecule has 4 heteroatoms. The van der Waals surface area contributed by atoms with Gasteiger partial charge >= 0.3 is 0 Å². The molecule has 0 aliphatic rings. The molecule has 3 heterocycles. The van der Waals surface area contributed by atoms with E-state index in [9.17, 15) is 5.11 Å². The summed E-state index contributed by atoms with van der Waals surface area (Å²) < 4.78 is 2.14. The number of fused-ring (bicyclic) bond motifs is 1. The number of hydrogen-bond donors (Lipinski definition) is 1. The molecule has 1 N–H and O–H groups in total. The first-order chi connectivity index (χ1) is 20.2. The van der Waals surface area contributed by atoms with E-state index >= 15 is 0 Å². The highest BCUT2D eigenvalue weighted by Gasteiger charge is 2.17. The number of nitrogens with zero attached hydrogens (tertiary/aromatic N) is 3. The average molecular weight is 530 g/mol. The zero-order valence-corrected chi connectivity index (χ0v) is 22.6. The SMILES string of the molecule is Cc1cccc(-c2cc(-c3ccccc3)cc(-c3cccc(-c4nc5ccccn5c4-c4ccccc4)c3)n2)c1O. The van der Waals surface area contributed by atoms with Crippen LogP contribution in [0.25, 0.3) is 61.8 Å². The topological polar surface area (TPSA) is 50.4 Å². The number of aromatic nitrogens is 3. The minimum Gasteiger partial charge on any atom is -0.507 e. The maximum atomic E-state index is 10.9. The molecule has 0 radical (unpaired) electrons. The summed E-state index contributed by atoms with van der Waals surface area (Å²) in [7, 11) is 0. The molecule has 3 aromatic heterocycles. The molecule has 7 aromatic rings. The van der Waals surface area contributed by atoms with Crippen molar-refractivity contribution in [1.82, 2.24) is 14.4 Å². The molecule has 0 saturated heterocycles. The second-order valence-electron chi connectivity index (χ2n) is 10.1. The molecule has 0 aliphatic heterocycles. The standard InChI is InChI=1S/C37H27N3O/c1-25-12-10-19-31(37(25)41)33-24-30(26-13-4-2-5-14-26)23-32(38-33)28-17-11-18-29(22-28)35-36(27-15-6-3-7-16-27)40-21-9-8-20-34(40)39-35/h2-24,41H,1H3. The Morgan fingerprint density at radius 3 is 2.00 bits per heavy atom. The number of aromatic hydroxyl groups is 1. The summed E-state index contributed by atoms with van der Waals surface area (Å²) in [4.78, 5) is 10.1. The lowest BCUT2D eigenvalue weighted by atomic mass is 9.97. The van der Waals surface area contributed by atoms with Gasteiger partial charge in [-0.1, -0.05) is 97.1 Å². The van der Waals surface area contributed by atoms with Crippen molar-refractivity contribution in [3.8, 4) is 61.9 Å². The highest BCUT2D eigenvalue weighted by atomic mass is 16.3. The summed E-state index contributed by atoms with van der Waals surface area (Å²) in [6.07, 6.45) is 2.06. The summed E-state index contributed by atoms with van der Waals surface area (Å²) in [6.45, 7) is 1.91. The van der Waals surface area contributed by atoms with Crippen LogP contribution >= 0.6 is 0 Å². The van der Waals surface area contributed by atoms with Gasteiger partial charge in [-0.3, -0.25) is 4.40 Å². The second-order valence-corrected chi connectivity index (χ2v) is 10.1. The van der Waals surface area contributed by atoms with Crippen molar-refractivity contribution in [2.24, 2.45) is 0 Å². The van der Waals surface area contributed by atoms with Gasteiger partial charge < -0.3 is 5.11 Å². The lowest BCUT2D eigenvalue weighted by Crippen LogP contribution is -1.93. The van der Waals surface area contributed by atoms with Crippen LogP contribution < -0.4 is 0 Å².